The van der Waals surface area contributed by atoms with Gasteiger partial charge in [-0.3, -0.25) is 20.4 Å². The Kier molecular flexibility index (Phi) is 5.96. The van der Waals surface area contributed by atoms with Gasteiger partial charge in [0.05, 0.1) is 0 Å². The first-order valence-corrected chi connectivity index (χ1v) is 8.36. The van der Waals surface area contributed by atoms with Gasteiger partial charge in [0, 0.05) is 11.1 Å². The zero-order valence-corrected chi connectivity index (χ0v) is 14.6. The summed E-state index contributed by atoms with van der Waals surface area (Å²) in [5, 5.41) is 0. The number of carbonyl (C=O) groups is 2. The Morgan fingerprint density at radius 3 is 2.29 bits per heavy atom. The third-order valence-corrected chi connectivity index (χ3v) is 3.83. The van der Waals surface area contributed by atoms with Crippen LogP contribution in [-0.2, 0) is 4.79 Å². The van der Waals surface area contributed by atoms with E-state index in [2.05, 4.69) is 10.9 Å². The van der Waals surface area contributed by atoms with Crippen molar-refractivity contribution in [1.82, 2.24) is 10.9 Å². The maximum atomic E-state index is 13.2. The maximum Gasteiger partial charge on any atom is 0.276 e. The van der Waals surface area contributed by atoms with E-state index in [1.807, 2.05) is 42.5 Å². The Morgan fingerprint density at radius 1 is 0.821 bits per heavy atom. The molecule has 0 unspecified atom stereocenters. The number of amides is 2. The van der Waals surface area contributed by atoms with Gasteiger partial charge in [-0.2, -0.15) is 0 Å². The van der Waals surface area contributed by atoms with Gasteiger partial charge < -0.3 is 4.74 Å². The highest BCUT2D eigenvalue weighted by atomic mass is 19.2. The van der Waals surface area contributed by atoms with Crippen molar-refractivity contribution in [2.75, 3.05) is 6.61 Å². The van der Waals surface area contributed by atoms with Gasteiger partial charge in [0.2, 0.25) is 0 Å². The van der Waals surface area contributed by atoms with Crippen molar-refractivity contribution in [1.29, 1.82) is 0 Å². The highest BCUT2D eigenvalue weighted by Crippen LogP contribution is 2.29. The standard InChI is InChI=1S/C21H16F2N2O3/c22-17-11-10-15(12-18(17)23)21(27)25-24-20(26)13-28-19-9-5-4-8-16(19)14-6-2-1-3-7-14/h1-12H,13H2,(H,24,26)(H,25,27). The van der Waals surface area contributed by atoms with Crippen LogP contribution < -0.4 is 15.6 Å². The number of hydrogen-bond donors (Lipinski definition) is 2. The van der Waals surface area contributed by atoms with Crippen molar-refractivity contribution in [3.8, 4) is 16.9 Å². The summed E-state index contributed by atoms with van der Waals surface area (Å²) < 4.78 is 31.6. The highest BCUT2D eigenvalue weighted by molar-refractivity contribution is 5.95. The van der Waals surface area contributed by atoms with Gasteiger partial charge in [-0.15, -0.1) is 0 Å². The molecule has 0 heterocycles. The van der Waals surface area contributed by atoms with Crippen LogP contribution in [0.15, 0.2) is 72.8 Å². The minimum atomic E-state index is -1.15. The molecule has 2 amide bonds. The summed E-state index contributed by atoms with van der Waals surface area (Å²) in [6.45, 7) is -0.345. The van der Waals surface area contributed by atoms with Gasteiger partial charge >= 0.3 is 0 Å². The van der Waals surface area contributed by atoms with Crippen molar-refractivity contribution < 1.29 is 23.1 Å². The molecule has 3 aromatic rings. The normalized spacial score (nSPS) is 10.2. The van der Waals surface area contributed by atoms with Crippen molar-refractivity contribution in [3.63, 3.8) is 0 Å². The average molecular weight is 382 g/mol. The molecule has 5 nitrogen and oxygen atoms in total. The number of halogens is 2. The Balaban J connectivity index is 1.56. The summed E-state index contributed by atoms with van der Waals surface area (Å²) in [5.41, 5.74) is 5.91. The molecule has 3 rings (SSSR count). The zero-order valence-electron chi connectivity index (χ0n) is 14.6. The van der Waals surface area contributed by atoms with E-state index < -0.39 is 23.4 Å². The van der Waals surface area contributed by atoms with E-state index in [9.17, 15) is 18.4 Å². The minimum absolute atomic E-state index is 0.130. The second-order valence-electron chi connectivity index (χ2n) is 5.78. The molecule has 7 heteroatoms. The molecule has 0 atom stereocenters. The van der Waals surface area contributed by atoms with Crippen molar-refractivity contribution >= 4 is 11.8 Å². The predicted octanol–water partition coefficient (Wildman–Crippen LogP) is 3.47. The van der Waals surface area contributed by atoms with E-state index in [1.165, 1.54) is 0 Å². The topological polar surface area (TPSA) is 67.4 Å². The van der Waals surface area contributed by atoms with Crippen LogP contribution in [0, 0.1) is 11.6 Å². The smallest absolute Gasteiger partial charge is 0.276 e. The van der Waals surface area contributed by atoms with Crippen molar-refractivity contribution in [2.45, 2.75) is 0 Å². The second-order valence-corrected chi connectivity index (χ2v) is 5.78. The summed E-state index contributed by atoms with van der Waals surface area (Å²) in [4.78, 5) is 23.8. The molecule has 0 saturated heterocycles. The fourth-order valence-corrected chi connectivity index (χ4v) is 2.46. The van der Waals surface area contributed by atoms with E-state index in [4.69, 9.17) is 4.74 Å². The lowest BCUT2D eigenvalue weighted by molar-refractivity contribution is -0.123. The molecule has 0 aromatic heterocycles. The molecule has 142 valence electrons. The first kappa shape index (κ1) is 19.0. The van der Waals surface area contributed by atoms with Crippen LogP contribution in [0.3, 0.4) is 0 Å². The third-order valence-electron chi connectivity index (χ3n) is 3.83. The number of para-hydroxylation sites is 1. The Hall–Kier alpha value is -3.74. The Morgan fingerprint density at radius 2 is 1.54 bits per heavy atom. The molecule has 0 aliphatic rings. The van der Waals surface area contributed by atoms with E-state index >= 15 is 0 Å². The lowest BCUT2D eigenvalue weighted by Gasteiger charge is -2.12. The number of hydrazine groups is 1. The Bertz CT molecular complexity index is 994. The van der Waals surface area contributed by atoms with E-state index in [0.717, 1.165) is 29.3 Å². The van der Waals surface area contributed by atoms with Crippen LogP contribution >= 0.6 is 0 Å². The molecule has 0 spiro atoms. The molecule has 2 N–H and O–H groups in total. The number of ether oxygens (including phenoxy) is 1. The first-order valence-electron chi connectivity index (χ1n) is 8.36. The van der Waals surface area contributed by atoms with Crippen LogP contribution in [0.4, 0.5) is 8.78 Å². The molecule has 28 heavy (non-hydrogen) atoms. The minimum Gasteiger partial charge on any atom is -0.483 e. The lowest BCUT2D eigenvalue weighted by Crippen LogP contribution is -2.43. The quantitative estimate of drug-likeness (QED) is 0.664. The van der Waals surface area contributed by atoms with E-state index in [-0.39, 0.29) is 12.2 Å². The van der Waals surface area contributed by atoms with Gasteiger partial charge in [0.15, 0.2) is 18.2 Å². The molecule has 0 aliphatic heterocycles. The molecule has 3 aromatic carbocycles. The van der Waals surface area contributed by atoms with Gasteiger partial charge in [-0.1, -0.05) is 48.5 Å². The molecule has 0 fully saturated rings. The van der Waals surface area contributed by atoms with E-state index in [1.54, 1.807) is 12.1 Å². The summed E-state index contributed by atoms with van der Waals surface area (Å²) in [6, 6.07) is 19.4. The SMILES string of the molecule is O=C(COc1ccccc1-c1ccccc1)NNC(=O)c1ccc(F)c(F)c1. The number of rotatable bonds is 5. The average Bonchev–Trinajstić information content (AvgIpc) is 2.73. The number of hydrogen-bond acceptors (Lipinski definition) is 3. The molecule has 0 radical (unpaired) electrons. The van der Waals surface area contributed by atoms with Gasteiger partial charge in [-0.25, -0.2) is 8.78 Å². The molecular weight excluding hydrogens is 366 g/mol. The summed E-state index contributed by atoms with van der Waals surface area (Å²) in [7, 11) is 0. The zero-order chi connectivity index (χ0) is 19.9. The van der Waals surface area contributed by atoms with Crippen LogP contribution in [0.25, 0.3) is 11.1 Å². The van der Waals surface area contributed by atoms with Gasteiger partial charge in [0.1, 0.15) is 5.75 Å². The van der Waals surface area contributed by atoms with Crippen molar-refractivity contribution in [3.05, 3.63) is 90.0 Å². The molecular formula is C21H16F2N2O3. The molecule has 0 bridgehead atoms. The van der Waals surface area contributed by atoms with Crippen LogP contribution in [0.1, 0.15) is 10.4 Å². The Labute approximate surface area is 159 Å². The van der Waals surface area contributed by atoms with Gasteiger partial charge in [-0.05, 0) is 29.8 Å². The van der Waals surface area contributed by atoms with Gasteiger partial charge in [0.25, 0.3) is 11.8 Å². The van der Waals surface area contributed by atoms with Crippen LogP contribution in [-0.4, -0.2) is 18.4 Å². The first-order chi connectivity index (χ1) is 13.5. The number of nitrogens with one attached hydrogen (secondary N) is 2. The third kappa shape index (κ3) is 4.70. The maximum absolute atomic E-state index is 13.2. The second kappa shape index (κ2) is 8.77. The fraction of sp³-hybridized carbons (Fsp3) is 0.0476. The number of benzene rings is 3. The predicted molar refractivity (Wildman–Crippen MR) is 99.3 cm³/mol. The fourth-order valence-electron chi connectivity index (χ4n) is 2.46. The lowest BCUT2D eigenvalue weighted by atomic mass is 10.1. The highest BCUT2D eigenvalue weighted by Gasteiger charge is 2.12. The summed E-state index contributed by atoms with van der Waals surface area (Å²) in [5.74, 6) is -3.10. The molecule has 0 aliphatic carbocycles. The van der Waals surface area contributed by atoms with E-state index in [0.29, 0.717) is 5.75 Å². The number of carbonyl (C=O) groups excluding carboxylic acids is 2. The summed E-state index contributed by atoms with van der Waals surface area (Å²) >= 11 is 0. The molecule has 0 saturated carbocycles. The van der Waals surface area contributed by atoms with Crippen LogP contribution in [0.2, 0.25) is 0 Å². The summed E-state index contributed by atoms with van der Waals surface area (Å²) in [6.07, 6.45) is 0. The van der Waals surface area contributed by atoms with Crippen LogP contribution in [0.5, 0.6) is 5.75 Å². The van der Waals surface area contributed by atoms with Crippen molar-refractivity contribution in [2.24, 2.45) is 0 Å². The largest absolute Gasteiger partial charge is 0.483 e. The monoisotopic (exact) mass is 382 g/mol.